The number of esters is 3. The van der Waals surface area contributed by atoms with E-state index in [-0.39, 0.29) is 162 Å². The molecule has 0 aliphatic carbocycles. The smallest absolute Gasteiger partial charge is 0.323 e. The summed E-state index contributed by atoms with van der Waals surface area (Å²) in [5, 5.41) is 41.7. The Morgan fingerprint density at radius 3 is 1.40 bits per heavy atom. The lowest BCUT2D eigenvalue weighted by Gasteiger charge is -2.38. The van der Waals surface area contributed by atoms with E-state index in [1.807, 2.05) is 0 Å². The minimum atomic E-state index is -5.20. The van der Waals surface area contributed by atoms with Gasteiger partial charge in [0.25, 0.3) is 26.1 Å². The minimum absolute atomic E-state index is 0.0199. The number of Topliss-reactive ketones (excluding diaryl/α,β-unsaturated/α-hetero) is 1. The maximum absolute atomic E-state index is 15.3. The van der Waals surface area contributed by atoms with Crippen molar-refractivity contribution in [1.82, 2.24) is 85.4 Å². The molecule has 0 spiro atoms. The molecule has 818 valence electrons. The molecule has 9 rings (SSSR count). The summed E-state index contributed by atoms with van der Waals surface area (Å²) in [5.74, 6) is -14.1. The predicted octanol–water partition coefficient (Wildman–Crippen LogP) is 2.63. The molecule has 16 N–H and O–H groups in total. The zero-order chi connectivity index (χ0) is 110. The van der Waals surface area contributed by atoms with Crippen molar-refractivity contribution < 1.29 is 125 Å². The molecule has 0 saturated carbocycles. The van der Waals surface area contributed by atoms with Crippen LogP contribution in [0.2, 0.25) is 0 Å². The van der Waals surface area contributed by atoms with Crippen LogP contribution in [0.4, 0.5) is 17.6 Å². The lowest BCUT2D eigenvalue weighted by molar-refractivity contribution is -0.158. The van der Waals surface area contributed by atoms with Crippen molar-refractivity contribution in [2.75, 3.05) is 132 Å². The van der Waals surface area contributed by atoms with E-state index in [1.54, 1.807) is 162 Å². The molecule has 0 bridgehead atoms. The standard InChI is InChI=1S/C97H138N20O28S4/c1-59-41-61(3)85(62(4)42-59)148(139,140)110-72(91(129)130)50-103-87(125)70-52-116(75-45-65(21-23-69(75)84(70)124)48-105-93-99-27-28-100-93)31-18-26-98-88(126)74(58-147(136,137)138)109-79(119)25-24-71(108-80(120)53-112-33-35-113(54-81(121)143-95(7,8)9)37-39-115(56-83(123)145-97(13,14)15)40-38-114(36-34-112)55-82(122)144-96(10,11)12)89(127)107-67(57-146(133,134)135)19-16-17-32-117-76-46-66(49-106-94-101-29-30-102-94)20-22-68(76)78(118)47-77(117)90(128)104-51-73(92(131)132)111-149(141,142)86-63(5)43-60(2)44-64(86)6/h20-23,27-30,41-46,52,67,71-74,77,110-111H,16-19,24-26,31-40,47-51,53-58H2,1-15H3,(H,98,126)(H,103,125)(H,104,128)(H,107,127)(H,108,120)(H,109,119)(H,129,130)(H,131,132)(H2,99,100,105)(H2,101,102,106)(H,133,134,135)(H,136,137,138)/t67-,71+,72+,73+,74+,77?/m1/s1. The number of carbonyl (C=O) groups is 12. The van der Waals surface area contributed by atoms with Crippen molar-refractivity contribution in [2.24, 2.45) is 0 Å². The fraction of sp³-hybridized carbons (Fsp3) is 0.536. The van der Waals surface area contributed by atoms with Crippen LogP contribution in [0.15, 0.2) is 106 Å². The first-order valence-electron chi connectivity index (χ1n) is 48.4. The number of nitrogens with zero attached hydrogens (tertiary/aromatic N) is 8. The second kappa shape index (κ2) is 52.6. The number of anilines is 3. The lowest BCUT2D eigenvalue weighted by atomic mass is 9.92. The zero-order valence-electron chi connectivity index (χ0n) is 86.2. The van der Waals surface area contributed by atoms with Crippen LogP contribution in [0.1, 0.15) is 172 Å². The van der Waals surface area contributed by atoms with Crippen molar-refractivity contribution in [3.05, 3.63) is 158 Å². The van der Waals surface area contributed by atoms with Gasteiger partial charge in [0.2, 0.25) is 55.0 Å². The Bertz CT molecular complexity index is 6450. The largest absolute Gasteiger partial charge is 0.480 e. The quantitative estimate of drug-likeness (QED) is 0.0113. The molecule has 1 fully saturated rings. The summed E-state index contributed by atoms with van der Waals surface area (Å²) in [6.45, 7) is 22.0. The number of carbonyl (C=O) groups excluding carboxylic acids is 10. The first-order chi connectivity index (χ1) is 69.5. The van der Waals surface area contributed by atoms with Crippen LogP contribution < -0.4 is 62.3 Å². The van der Waals surface area contributed by atoms with Gasteiger partial charge in [-0.3, -0.25) is 91.0 Å². The Hall–Kier alpha value is -12.8. The summed E-state index contributed by atoms with van der Waals surface area (Å²) in [6.07, 6.45) is 4.62. The predicted molar refractivity (Wildman–Crippen MR) is 549 cm³/mol. The summed E-state index contributed by atoms with van der Waals surface area (Å²) >= 11 is 0. The molecule has 7 aromatic rings. The molecule has 4 aromatic carbocycles. The van der Waals surface area contributed by atoms with Gasteiger partial charge in [0.15, 0.2) is 17.7 Å². The zero-order valence-corrected chi connectivity index (χ0v) is 89.5. The fourth-order valence-electron chi connectivity index (χ4n) is 17.4. The van der Waals surface area contributed by atoms with Crippen LogP contribution in [-0.4, -0.2) is 337 Å². The summed E-state index contributed by atoms with van der Waals surface area (Å²) in [4.78, 5) is 205. The Balaban J connectivity index is 0.993. The fourth-order valence-corrected chi connectivity index (χ4v) is 22.1. The molecule has 6 atom stereocenters. The number of benzene rings is 4. The molecule has 0 radical (unpaired) electrons. The number of carboxylic acid groups (broad SMARTS) is 2. The number of aromatic amines is 2. The number of aromatic nitrogens is 5. The number of fused-ring (bicyclic) bond motifs is 2. The number of ether oxygens (including phenoxy) is 3. The number of imidazole rings is 2. The van der Waals surface area contributed by atoms with Gasteiger partial charge in [0.05, 0.1) is 47.2 Å². The number of carboxylic acids is 2. The average molecular weight is 2160 g/mol. The van der Waals surface area contributed by atoms with Gasteiger partial charge in [0.1, 0.15) is 58.3 Å². The molecule has 149 heavy (non-hydrogen) atoms. The molecule has 6 amide bonds. The third-order valence-electron chi connectivity index (χ3n) is 23.7. The topological polar surface area (TPSA) is 666 Å². The van der Waals surface area contributed by atoms with Crippen LogP contribution in [-0.2, 0) is 122 Å². The van der Waals surface area contributed by atoms with E-state index in [1.165, 1.54) is 56.8 Å². The third kappa shape index (κ3) is 38.6. The number of amides is 6. The van der Waals surface area contributed by atoms with Crippen LogP contribution in [0.5, 0.6) is 0 Å². The summed E-state index contributed by atoms with van der Waals surface area (Å²) in [7, 11) is -19.4. The molecule has 2 aliphatic rings. The van der Waals surface area contributed by atoms with E-state index in [2.05, 4.69) is 71.9 Å². The number of rotatable bonds is 49. The monoisotopic (exact) mass is 2160 g/mol. The van der Waals surface area contributed by atoms with Crippen molar-refractivity contribution in [3.8, 4) is 0 Å². The van der Waals surface area contributed by atoms with Gasteiger partial charge in [-0.1, -0.05) is 47.5 Å². The second-order valence-electron chi connectivity index (χ2n) is 40.1. The molecule has 2 aliphatic heterocycles. The van der Waals surface area contributed by atoms with Crippen molar-refractivity contribution in [1.29, 1.82) is 0 Å². The number of sulfonamides is 2. The van der Waals surface area contributed by atoms with E-state index >= 15 is 9.59 Å². The van der Waals surface area contributed by atoms with Crippen LogP contribution in [0.25, 0.3) is 10.9 Å². The van der Waals surface area contributed by atoms with E-state index in [0.717, 1.165) is 17.3 Å². The highest BCUT2D eigenvalue weighted by molar-refractivity contribution is 7.90. The van der Waals surface area contributed by atoms with E-state index in [4.69, 9.17) is 14.2 Å². The molecule has 48 nitrogen and oxygen atoms in total. The normalized spacial score (nSPS) is 15.8. The van der Waals surface area contributed by atoms with Crippen LogP contribution >= 0.6 is 0 Å². The number of unbranched alkanes of at least 4 members (excludes halogenated alkanes) is 1. The SMILES string of the molecule is Cc1cc(C)c(S(=O)(=O)N[C@@H](CNC(=O)c2cn(CCCNC(=O)[C@H](CS(=O)(=O)O)NC(=O)CC[C@H](NC(=O)CN3CCN(CC(=O)OC(C)(C)C)CCN(CC(=O)OC(C)(C)C)CCN(CC(=O)OC(C)(C)C)CC3)C(=O)N[C@H](CCCCN3c4cc(CNc5ncc[nH]5)ccc4C(=O)CC3C(=O)NC[C@H](NS(=O)(=O)c3c(C)cc(C)cc3C)C(=O)O)CS(=O)(=O)O)c3cc(CNc4ncc[nH]4)ccc3c2=O)C(=O)O)c(C)c1. The number of aryl methyl sites for hydroxylation is 7. The molecule has 52 heteroatoms. The maximum Gasteiger partial charge on any atom is 0.323 e. The number of hydrogen-bond donors (Lipinski definition) is 16. The first-order valence-corrected chi connectivity index (χ1v) is 54.6. The second-order valence-corrected chi connectivity index (χ2v) is 46.4. The molecule has 1 saturated heterocycles. The van der Waals surface area contributed by atoms with Gasteiger partial charge < -0.3 is 86.4 Å². The van der Waals surface area contributed by atoms with Crippen LogP contribution in [0.3, 0.4) is 0 Å². The molecule has 1 unspecified atom stereocenters. The first kappa shape index (κ1) is 120. The Labute approximate surface area is 865 Å². The van der Waals surface area contributed by atoms with Gasteiger partial charge >= 0.3 is 29.8 Å². The van der Waals surface area contributed by atoms with Crippen molar-refractivity contribution >= 4 is 140 Å². The number of nitrogens with one attached hydrogen (secondary N) is 12. The Morgan fingerprint density at radius 1 is 0.497 bits per heavy atom. The highest BCUT2D eigenvalue weighted by Gasteiger charge is 2.40. The Morgan fingerprint density at radius 2 is 0.946 bits per heavy atom. The highest BCUT2D eigenvalue weighted by atomic mass is 32.2. The van der Waals surface area contributed by atoms with Crippen LogP contribution in [0, 0.1) is 41.5 Å². The average Bonchev–Trinajstić information content (AvgIpc) is 0.955. The number of hydrogen-bond acceptors (Lipinski definition) is 33. The summed E-state index contributed by atoms with van der Waals surface area (Å²) < 4.78 is 151. The molecule has 5 heterocycles. The van der Waals surface area contributed by atoms with E-state index < -0.39 is 226 Å². The van der Waals surface area contributed by atoms with Gasteiger partial charge in [-0.15, -0.1) is 0 Å². The van der Waals surface area contributed by atoms with Gasteiger partial charge in [-0.2, -0.15) is 26.3 Å². The molecule has 3 aromatic heterocycles. The Kier molecular flexibility index (Phi) is 42.3. The van der Waals surface area contributed by atoms with Gasteiger partial charge in [0, 0.05) is 165 Å². The van der Waals surface area contributed by atoms with Crippen molar-refractivity contribution in [3.63, 3.8) is 0 Å². The van der Waals surface area contributed by atoms with E-state index in [9.17, 15) is 106 Å². The third-order valence-corrected chi connectivity index (χ3v) is 28.8. The minimum Gasteiger partial charge on any atom is -0.480 e. The number of aliphatic carboxylic acids is 2. The lowest BCUT2D eigenvalue weighted by Crippen LogP contribution is -2.55. The number of pyridine rings is 1. The van der Waals surface area contributed by atoms with Gasteiger partial charge in [-0.25, -0.2) is 26.8 Å². The molecular weight excluding hydrogens is 2020 g/mol. The highest BCUT2D eigenvalue weighted by Crippen LogP contribution is 2.34. The number of H-pyrrole nitrogens is 2. The van der Waals surface area contributed by atoms with Gasteiger partial charge in [-0.05, 0) is 194 Å². The summed E-state index contributed by atoms with van der Waals surface area (Å²) in [6, 6.07) is 4.91. The van der Waals surface area contributed by atoms with E-state index in [0.29, 0.717) is 45.3 Å². The molecular formula is C97H138N20O28S4. The number of ketones is 1. The maximum atomic E-state index is 15.3. The summed E-state index contributed by atoms with van der Waals surface area (Å²) in [5.41, 5.74) is 0.425. The van der Waals surface area contributed by atoms with Crippen molar-refractivity contribution in [2.45, 2.75) is 231 Å².